The molecule has 1 atom stereocenters. The van der Waals surface area contributed by atoms with Crippen molar-refractivity contribution >= 4 is 17.7 Å². The largest absolute Gasteiger partial charge is 0.361 e. The van der Waals surface area contributed by atoms with Crippen molar-refractivity contribution in [3.63, 3.8) is 0 Å². The molecular weight excluding hydrogens is 410 g/mol. The highest BCUT2D eigenvalue weighted by Crippen LogP contribution is 2.30. The van der Waals surface area contributed by atoms with Crippen molar-refractivity contribution in [2.75, 3.05) is 13.1 Å². The summed E-state index contributed by atoms with van der Waals surface area (Å²) in [6.45, 7) is 7.25. The lowest BCUT2D eigenvalue weighted by Crippen LogP contribution is -2.40. The number of aromatic nitrogens is 4. The number of amides is 1. The van der Waals surface area contributed by atoms with E-state index in [9.17, 15) is 4.79 Å². The lowest BCUT2D eigenvalue weighted by molar-refractivity contribution is -0.131. The topological polar surface area (TPSA) is 85.0 Å². The SMILES string of the molecule is Cc1cnc(SCc2ccccn2)nc1C1CCCN(C(=O)Cc2c(C)noc2C)C1. The van der Waals surface area contributed by atoms with Gasteiger partial charge in [0.2, 0.25) is 5.91 Å². The maximum atomic E-state index is 13.0. The molecule has 4 heterocycles. The second kappa shape index (κ2) is 9.60. The molecule has 0 aliphatic carbocycles. The Balaban J connectivity index is 1.44. The van der Waals surface area contributed by atoms with Gasteiger partial charge in [-0.3, -0.25) is 9.78 Å². The number of pyridine rings is 1. The molecule has 1 aliphatic rings. The van der Waals surface area contributed by atoms with Gasteiger partial charge in [-0.2, -0.15) is 0 Å². The van der Waals surface area contributed by atoms with Crippen LogP contribution in [0.2, 0.25) is 0 Å². The number of aryl methyl sites for hydroxylation is 3. The van der Waals surface area contributed by atoms with Crippen LogP contribution in [0.15, 0.2) is 40.3 Å². The fourth-order valence-electron chi connectivity index (χ4n) is 3.99. The molecule has 1 aliphatic heterocycles. The van der Waals surface area contributed by atoms with E-state index < -0.39 is 0 Å². The molecule has 1 fully saturated rings. The van der Waals surface area contributed by atoms with Gasteiger partial charge in [-0.05, 0) is 51.3 Å². The molecule has 1 amide bonds. The van der Waals surface area contributed by atoms with Gasteiger partial charge in [0.25, 0.3) is 0 Å². The lowest BCUT2D eigenvalue weighted by Gasteiger charge is -2.33. The van der Waals surface area contributed by atoms with E-state index in [1.807, 2.05) is 50.1 Å². The quantitative estimate of drug-likeness (QED) is 0.425. The van der Waals surface area contributed by atoms with Gasteiger partial charge in [0.05, 0.1) is 23.5 Å². The van der Waals surface area contributed by atoms with Crippen LogP contribution in [0.5, 0.6) is 0 Å². The highest BCUT2D eigenvalue weighted by Gasteiger charge is 2.28. The summed E-state index contributed by atoms with van der Waals surface area (Å²) in [6.07, 6.45) is 6.03. The molecular formula is C23H27N5O2S. The Labute approximate surface area is 186 Å². The summed E-state index contributed by atoms with van der Waals surface area (Å²) in [6, 6.07) is 5.91. The van der Waals surface area contributed by atoms with E-state index in [0.29, 0.717) is 13.0 Å². The Hall–Kier alpha value is -2.74. The molecule has 4 rings (SSSR count). The van der Waals surface area contributed by atoms with Gasteiger partial charge < -0.3 is 9.42 Å². The van der Waals surface area contributed by atoms with Gasteiger partial charge in [-0.25, -0.2) is 9.97 Å². The van der Waals surface area contributed by atoms with E-state index in [1.54, 1.807) is 18.0 Å². The third kappa shape index (κ3) is 5.12. The first-order valence-electron chi connectivity index (χ1n) is 10.6. The molecule has 31 heavy (non-hydrogen) atoms. The van der Waals surface area contributed by atoms with Crippen LogP contribution in [-0.2, 0) is 17.0 Å². The number of hydrogen-bond donors (Lipinski definition) is 0. The number of rotatable bonds is 6. The molecule has 3 aromatic heterocycles. The average molecular weight is 438 g/mol. The van der Waals surface area contributed by atoms with Gasteiger partial charge in [0, 0.05) is 42.7 Å². The first-order valence-corrected chi connectivity index (χ1v) is 11.6. The Morgan fingerprint density at radius 1 is 1.26 bits per heavy atom. The molecule has 0 spiro atoms. The molecule has 1 saturated heterocycles. The van der Waals surface area contributed by atoms with E-state index in [2.05, 4.69) is 15.1 Å². The Kier molecular flexibility index (Phi) is 6.65. The molecule has 3 aromatic rings. The number of piperidine rings is 1. The van der Waals surface area contributed by atoms with Crippen LogP contribution < -0.4 is 0 Å². The zero-order chi connectivity index (χ0) is 21.8. The standard InChI is InChI=1S/C23H27N5O2S/c1-15-12-25-23(31-14-19-8-4-5-9-24-19)26-22(15)18-7-6-10-28(13-18)21(29)11-20-16(2)27-30-17(20)3/h4-5,8-9,12,18H,6-7,10-11,13-14H2,1-3H3. The van der Waals surface area contributed by atoms with Crippen molar-refractivity contribution in [2.45, 2.75) is 56.9 Å². The summed E-state index contributed by atoms with van der Waals surface area (Å²) >= 11 is 1.59. The Morgan fingerprint density at radius 3 is 2.87 bits per heavy atom. The maximum absolute atomic E-state index is 13.0. The number of carbonyl (C=O) groups excluding carboxylic acids is 1. The fourth-order valence-corrected chi connectivity index (χ4v) is 4.73. The fraction of sp³-hybridized carbons (Fsp3) is 0.435. The van der Waals surface area contributed by atoms with Gasteiger partial charge in [0.15, 0.2) is 5.16 Å². The summed E-state index contributed by atoms with van der Waals surface area (Å²) in [5.74, 6) is 1.80. The van der Waals surface area contributed by atoms with E-state index >= 15 is 0 Å². The average Bonchev–Trinajstić information content (AvgIpc) is 3.11. The lowest BCUT2D eigenvalue weighted by atomic mass is 9.92. The van der Waals surface area contributed by atoms with Crippen molar-refractivity contribution in [1.29, 1.82) is 0 Å². The summed E-state index contributed by atoms with van der Waals surface area (Å²) in [4.78, 5) is 28.7. The predicted octanol–water partition coefficient (Wildman–Crippen LogP) is 4.03. The highest BCUT2D eigenvalue weighted by atomic mass is 32.2. The number of hydrogen-bond acceptors (Lipinski definition) is 7. The van der Waals surface area contributed by atoms with E-state index in [1.165, 1.54) is 0 Å². The first-order chi connectivity index (χ1) is 15.0. The number of likely N-dealkylation sites (tertiary alicyclic amines) is 1. The van der Waals surface area contributed by atoms with Gasteiger partial charge in [-0.15, -0.1) is 0 Å². The molecule has 0 bridgehead atoms. The van der Waals surface area contributed by atoms with E-state index in [-0.39, 0.29) is 11.8 Å². The third-order valence-electron chi connectivity index (χ3n) is 5.73. The van der Waals surface area contributed by atoms with Crippen LogP contribution in [0.25, 0.3) is 0 Å². The van der Waals surface area contributed by atoms with Crippen molar-refractivity contribution in [1.82, 2.24) is 25.0 Å². The molecule has 0 N–H and O–H groups in total. The predicted molar refractivity (Wildman–Crippen MR) is 119 cm³/mol. The number of thioether (sulfide) groups is 1. The van der Waals surface area contributed by atoms with Crippen LogP contribution in [0, 0.1) is 20.8 Å². The summed E-state index contributed by atoms with van der Waals surface area (Å²) in [5.41, 5.74) is 4.83. The van der Waals surface area contributed by atoms with Crippen molar-refractivity contribution in [3.8, 4) is 0 Å². The van der Waals surface area contributed by atoms with E-state index in [4.69, 9.17) is 9.51 Å². The minimum Gasteiger partial charge on any atom is -0.361 e. The molecule has 8 heteroatoms. The van der Waals surface area contributed by atoms with Crippen LogP contribution in [0.3, 0.4) is 0 Å². The Bertz CT molecular complexity index is 1030. The van der Waals surface area contributed by atoms with Crippen molar-refractivity contribution in [3.05, 3.63) is 64.6 Å². The van der Waals surface area contributed by atoms with Crippen LogP contribution >= 0.6 is 11.8 Å². The second-order valence-corrected chi connectivity index (χ2v) is 8.93. The summed E-state index contributed by atoms with van der Waals surface area (Å²) < 4.78 is 5.21. The molecule has 0 aromatic carbocycles. The van der Waals surface area contributed by atoms with E-state index in [0.717, 1.165) is 64.3 Å². The monoisotopic (exact) mass is 437 g/mol. The first kappa shape index (κ1) is 21.5. The van der Waals surface area contributed by atoms with Gasteiger partial charge in [0.1, 0.15) is 5.76 Å². The minimum absolute atomic E-state index is 0.121. The van der Waals surface area contributed by atoms with Crippen molar-refractivity contribution in [2.24, 2.45) is 0 Å². The van der Waals surface area contributed by atoms with Crippen LogP contribution in [0.4, 0.5) is 0 Å². The highest BCUT2D eigenvalue weighted by molar-refractivity contribution is 7.98. The third-order valence-corrected chi connectivity index (χ3v) is 6.63. The molecule has 0 saturated carbocycles. The minimum atomic E-state index is 0.121. The zero-order valence-electron chi connectivity index (χ0n) is 18.2. The van der Waals surface area contributed by atoms with Crippen molar-refractivity contribution < 1.29 is 9.32 Å². The smallest absolute Gasteiger partial charge is 0.227 e. The maximum Gasteiger partial charge on any atom is 0.227 e. The van der Waals surface area contributed by atoms with Gasteiger partial charge in [-0.1, -0.05) is 23.0 Å². The second-order valence-electron chi connectivity index (χ2n) is 7.99. The molecule has 162 valence electrons. The Morgan fingerprint density at radius 2 is 2.13 bits per heavy atom. The van der Waals surface area contributed by atoms with Crippen LogP contribution in [-0.4, -0.2) is 44.0 Å². The normalized spacial score (nSPS) is 16.5. The zero-order valence-corrected chi connectivity index (χ0v) is 19.0. The summed E-state index contributed by atoms with van der Waals surface area (Å²) in [5, 5.41) is 4.72. The number of carbonyl (C=O) groups is 1. The molecule has 1 unspecified atom stereocenters. The number of nitrogens with zero attached hydrogens (tertiary/aromatic N) is 5. The van der Waals surface area contributed by atoms with Crippen LogP contribution in [0.1, 0.15) is 52.7 Å². The molecule has 0 radical (unpaired) electrons. The van der Waals surface area contributed by atoms with Gasteiger partial charge >= 0.3 is 0 Å². The summed E-state index contributed by atoms with van der Waals surface area (Å²) in [7, 11) is 0. The molecule has 7 nitrogen and oxygen atoms in total.